The Morgan fingerprint density at radius 1 is 1.26 bits per heavy atom. The summed E-state index contributed by atoms with van der Waals surface area (Å²) in [6.07, 6.45) is 7.59. The second-order valence-corrected chi connectivity index (χ2v) is 11.0. The second-order valence-electron chi connectivity index (χ2n) is 11.0. The van der Waals surface area contributed by atoms with E-state index in [1.54, 1.807) is 6.20 Å². The van der Waals surface area contributed by atoms with Crippen LogP contribution >= 0.6 is 0 Å². The van der Waals surface area contributed by atoms with E-state index in [0.717, 1.165) is 58.5 Å². The maximum atomic E-state index is 13.0. The van der Waals surface area contributed by atoms with Crippen molar-refractivity contribution in [2.75, 3.05) is 39.4 Å². The summed E-state index contributed by atoms with van der Waals surface area (Å²) < 4.78 is 5.38. The molecule has 2 aliphatic carbocycles. The first-order valence-corrected chi connectivity index (χ1v) is 13.1. The molecule has 35 heavy (non-hydrogen) atoms. The number of aromatic nitrogens is 2. The molecule has 1 aromatic heterocycles. The van der Waals surface area contributed by atoms with Gasteiger partial charge < -0.3 is 20.5 Å². The topological polar surface area (TPSA) is 117 Å². The Hall–Kier alpha value is -2.10. The zero-order valence-electron chi connectivity index (χ0n) is 21.3. The van der Waals surface area contributed by atoms with Gasteiger partial charge in [-0.1, -0.05) is 20.8 Å². The lowest BCUT2D eigenvalue weighted by Gasteiger charge is -2.56. The third-order valence-corrected chi connectivity index (χ3v) is 8.89. The van der Waals surface area contributed by atoms with Crippen LogP contribution in [0.5, 0.6) is 0 Å². The summed E-state index contributed by atoms with van der Waals surface area (Å²) in [5, 5.41) is 17.8. The third-order valence-electron chi connectivity index (χ3n) is 8.89. The van der Waals surface area contributed by atoms with Crippen LogP contribution in [-0.4, -0.2) is 83.3 Å². The summed E-state index contributed by atoms with van der Waals surface area (Å²) in [6, 6.07) is -0.0476. The van der Waals surface area contributed by atoms with Crippen LogP contribution in [0, 0.1) is 29.1 Å². The number of amides is 2. The Bertz CT molecular complexity index is 865. The summed E-state index contributed by atoms with van der Waals surface area (Å²) in [4.78, 5) is 36.1. The van der Waals surface area contributed by atoms with E-state index in [9.17, 15) is 14.7 Å². The van der Waals surface area contributed by atoms with Crippen molar-refractivity contribution >= 4 is 11.8 Å². The molecule has 3 N–H and O–H groups in total. The van der Waals surface area contributed by atoms with Gasteiger partial charge in [0.25, 0.3) is 5.91 Å². The van der Waals surface area contributed by atoms with Crippen LogP contribution in [0.25, 0.3) is 0 Å². The van der Waals surface area contributed by atoms with E-state index in [4.69, 9.17) is 4.74 Å². The van der Waals surface area contributed by atoms with Crippen LogP contribution in [-0.2, 0) is 9.53 Å². The zero-order valence-corrected chi connectivity index (χ0v) is 21.3. The Morgan fingerprint density at radius 3 is 2.71 bits per heavy atom. The molecule has 1 aromatic rings. The predicted octanol–water partition coefficient (Wildman–Crippen LogP) is 1.48. The molecule has 0 bridgehead atoms. The van der Waals surface area contributed by atoms with Crippen LogP contribution in [0.3, 0.4) is 0 Å². The zero-order chi connectivity index (χ0) is 25.0. The van der Waals surface area contributed by atoms with Gasteiger partial charge in [-0.2, -0.15) is 0 Å². The Labute approximate surface area is 208 Å². The number of carbonyl (C=O) groups is 2. The Balaban J connectivity index is 1.36. The highest BCUT2D eigenvalue weighted by Gasteiger charge is 2.53. The molecule has 2 heterocycles. The number of morpholine rings is 1. The van der Waals surface area contributed by atoms with Crippen molar-refractivity contribution in [3.05, 3.63) is 24.3 Å². The second kappa shape index (κ2) is 11.3. The number of nitrogens with zero attached hydrogens (tertiary/aromatic N) is 3. The minimum absolute atomic E-state index is 0.00957. The molecular weight excluding hydrogens is 446 g/mol. The van der Waals surface area contributed by atoms with Gasteiger partial charge in [0.15, 0.2) is 0 Å². The minimum atomic E-state index is -0.583. The highest BCUT2D eigenvalue weighted by molar-refractivity contribution is 5.92. The molecule has 194 valence electrons. The molecule has 9 heteroatoms. The molecule has 3 aliphatic rings. The van der Waals surface area contributed by atoms with Crippen molar-refractivity contribution in [3.63, 3.8) is 0 Å². The van der Waals surface area contributed by atoms with E-state index in [2.05, 4.69) is 39.3 Å². The molecule has 0 radical (unpaired) electrons. The number of nitrogens with one attached hydrogen (secondary N) is 2. The summed E-state index contributed by atoms with van der Waals surface area (Å²) in [7, 11) is 0. The number of aliphatic hydroxyl groups is 1. The van der Waals surface area contributed by atoms with Gasteiger partial charge in [-0.15, -0.1) is 0 Å². The Kier molecular flexibility index (Phi) is 8.39. The number of rotatable bonds is 7. The highest BCUT2D eigenvalue weighted by Crippen LogP contribution is 2.55. The summed E-state index contributed by atoms with van der Waals surface area (Å²) in [5.74, 6) is -0.459. The van der Waals surface area contributed by atoms with Gasteiger partial charge in [0, 0.05) is 50.5 Å². The van der Waals surface area contributed by atoms with E-state index in [-0.39, 0.29) is 46.9 Å². The molecule has 7 atom stereocenters. The maximum absolute atomic E-state index is 13.0. The quantitative estimate of drug-likeness (QED) is 0.533. The molecule has 1 aliphatic heterocycles. The molecular formula is C26H41N5O4. The normalized spacial score (nSPS) is 34.5. The molecule has 4 rings (SSSR count). The largest absolute Gasteiger partial charge is 0.392 e. The average molecular weight is 488 g/mol. The summed E-state index contributed by atoms with van der Waals surface area (Å²) >= 11 is 0. The van der Waals surface area contributed by atoms with Crippen LogP contribution in [0.4, 0.5) is 0 Å². The molecule has 3 fully saturated rings. The van der Waals surface area contributed by atoms with E-state index < -0.39 is 6.10 Å². The van der Waals surface area contributed by atoms with Crippen molar-refractivity contribution in [1.82, 2.24) is 25.5 Å². The smallest absolute Gasteiger partial charge is 0.271 e. The van der Waals surface area contributed by atoms with Gasteiger partial charge in [0.2, 0.25) is 5.91 Å². The molecule has 9 nitrogen and oxygen atoms in total. The number of carbonyl (C=O) groups excluding carboxylic acids is 2. The van der Waals surface area contributed by atoms with Crippen molar-refractivity contribution in [1.29, 1.82) is 0 Å². The number of fused-ring (bicyclic) bond motifs is 1. The lowest BCUT2D eigenvalue weighted by atomic mass is 9.51. The van der Waals surface area contributed by atoms with Crippen LogP contribution in [0.2, 0.25) is 0 Å². The summed E-state index contributed by atoms with van der Waals surface area (Å²) in [5.41, 5.74) is 0.313. The van der Waals surface area contributed by atoms with Gasteiger partial charge in [-0.3, -0.25) is 19.5 Å². The monoisotopic (exact) mass is 487 g/mol. The summed E-state index contributed by atoms with van der Waals surface area (Å²) in [6.45, 7) is 11.1. The van der Waals surface area contributed by atoms with Crippen LogP contribution < -0.4 is 10.6 Å². The number of aliphatic hydroxyl groups excluding tert-OH is 1. The predicted molar refractivity (Wildman–Crippen MR) is 131 cm³/mol. The van der Waals surface area contributed by atoms with E-state index in [1.165, 1.54) is 12.4 Å². The fourth-order valence-corrected chi connectivity index (χ4v) is 6.67. The lowest BCUT2D eigenvalue weighted by Crippen LogP contribution is -2.58. The Morgan fingerprint density at radius 2 is 2.00 bits per heavy atom. The van der Waals surface area contributed by atoms with Gasteiger partial charge in [0.1, 0.15) is 5.69 Å². The van der Waals surface area contributed by atoms with Gasteiger partial charge in [-0.25, -0.2) is 4.98 Å². The van der Waals surface area contributed by atoms with E-state index in [1.807, 2.05) is 6.92 Å². The van der Waals surface area contributed by atoms with E-state index in [0.29, 0.717) is 12.2 Å². The van der Waals surface area contributed by atoms with Crippen molar-refractivity contribution < 1.29 is 19.4 Å². The minimum Gasteiger partial charge on any atom is -0.392 e. The SMILES string of the molecule is C[C@@H]1[C@@H]2[C@@H](O)[C@@H]([C@H](C)C(=O)NCCN3CCOCC3)CC[C@]2(C)CC[C@@H]1NC(=O)c1cnccn1. The van der Waals surface area contributed by atoms with Gasteiger partial charge >= 0.3 is 0 Å². The van der Waals surface area contributed by atoms with Crippen LogP contribution in [0.1, 0.15) is 56.9 Å². The first-order valence-electron chi connectivity index (χ1n) is 13.1. The van der Waals surface area contributed by atoms with Crippen molar-refractivity contribution in [3.8, 4) is 0 Å². The van der Waals surface area contributed by atoms with Crippen LogP contribution in [0.15, 0.2) is 18.6 Å². The number of hydrogen-bond acceptors (Lipinski definition) is 7. The number of hydrogen-bond donors (Lipinski definition) is 3. The molecule has 2 saturated carbocycles. The fourth-order valence-electron chi connectivity index (χ4n) is 6.67. The molecule has 1 saturated heterocycles. The van der Waals surface area contributed by atoms with Gasteiger partial charge in [0.05, 0.1) is 25.5 Å². The first-order chi connectivity index (χ1) is 16.8. The standard InChI is InChI=1S/C26H41N5O4/c1-17(24(33)29-10-11-31-12-14-35-15-13-31)19-4-6-26(3)7-5-20(18(2)22(26)23(19)32)30-25(34)21-16-27-8-9-28-21/h8-9,16-20,22-23,32H,4-7,10-15H2,1-3H3,(H,29,33)(H,30,34)/t17-,18-,19+,20-,22+,23-,26+/m0/s1. The average Bonchev–Trinajstić information content (AvgIpc) is 2.86. The van der Waals surface area contributed by atoms with E-state index >= 15 is 0 Å². The first kappa shape index (κ1) is 26.0. The molecule has 2 amide bonds. The molecule has 0 unspecified atom stereocenters. The highest BCUT2D eigenvalue weighted by atomic mass is 16.5. The van der Waals surface area contributed by atoms with Gasteiger partial charge in [-0.05, 0) is 48.9 Å². The lowest BCUT2D eigenvalue weighted by molar-refractivity contribution is -0.142. The fraction of sp³-hybridized carbons (Fsp3) is 0.769. The number of ether oxygens (including phenoxy) is 1. The third kappa shape index (κ3) is 5.84. The molecule has 0 spiro atoms. The maximum Gasteiger partial charge on any atom is 0.271 e. The molecule has 0 aromatic carbocycles. The van der Waals surface area contributed by atoms with Crippen molar-refractivity contribution in [2.45, 2.75) is 58.6 Å². The van der Waals surface area contributed by atoms with Crippen molar-refractivity contribution in [2.24, 2.45) is 29.1 Å².